The molecule has 0 amide bonds. The molecule has 5 heteroatoms. The van der Waals surface area contributed by atoms with Crippen LogP contribution in [0.5, 0.6) is 5.75 Å². The molecule has 1 aromatic carbocycles. The Bertz CT molecular complexity index is 441. The van der Waals surface area contributed by atoms with E-state index >= 15 is 0 Å². The van der Waals surface area contributed by atoms with Gasteiger partial charge >= 0.3 is 5.97 Å². The Morgan fingerprint density at radius 3 is 2.57 bits per heavy atom. The highest BCUT2D eigenvalue weighted by Gasteiger charge is 2.15. The standard InChI is InChI=1S/C16H24N2O3/c1-3-20-16(19)13(2)21-15-6-4-14(5-7-15)12-18-10-8-17-9-11-18/h4-7,13,17H,3,8-12H2,1-2H3. The molecule has 0 bridgehead atoms. The minimum absolute atomic E-state index is 0.331. The Balaban J connectivity index is 1.85. The van der Waals surface area contributed by atoms with Crippen LogP contribution in [0.3, 0.4) is 0 Å². The number of ether oxygens (including phenoxy) is 2. The number of esters is 1. The molecule has 0 spiro atoms. The first-order valence-electron chi connectivity index (χ1n) is 7.54. The van der Waals surface area contributed by atoms with Crippen LogP contribution in [0.1, 0.15) is 19.4 Å². The van der Waals surface area contributed by atoms with Gasteiger partial charge in [-0.25, -0.2) is 4.79 Å². The maximum absolute atomic E-state index is 11.5. The molecule has 5 nitrogen and oxygen atoms in total. The molecule has 1 N–H and O–H groups in total. The van der Waals surface area contributed by atoms with Crippen molar-refractivity contribution >= 4 is 5.97 Å². The van der Waals surface area contributed by atoms with Crippen LogP contribution in [0.15, 0.2) is 24.3 Å². The lowest BCUT2D eigenvalue weighted by molar-refractivity contribution is -0.150. The predicted octanol–water partition coefficient (Wildman–Crippen LogP) is 1.42. The summed E-state index contributed by atoms with van der Waals surface area (Å²) in [4.78, 5) is 13.9. The average molecular weight is 292 g/mol. The van der Waals surface area contributed by atoms with Crippen molar-refractivity contribution in [3.8, 4) is 5.75 Å². The molecule has 2 rings (SSSR count). The summed E-state index contributed by atoms with van der Waals surface area (Å²) in [5.74, 6) is 0.363. The molecule has 0 aliphatic carbocycles. The average Bonchev–Trinajstić information content (AvgIpc) is 2.50. The van der Waals surface area contributed by atoms with Crippen LogP contribution >= 0.6 is 0 Å². The van der Waals surface area contributed by atoms with Crippen LogP contribution in [0.2, 0.25) is 0 Å². The molecule has 1 fully saturated rings. The zero-order valence-electron chi connectivity index (χ0n) is 12.8. The summed E-state index contributed by atoms with van der Waals surface area (Å²) in [6, 6.07) is 7.92. The lowest BCUT2D eigenvalue weighted by Gasteiger charge is -2.27. The largest absolute Gasteiger partial charge is 0.479 e. The summed E-state index contributed by atoms with van der Waals surface area (Å²) in [7, 11) is 0. The van der Waals surface area contributed by atoms with Gasteiger partial charge in [0.25, 0.3) is 0 Å². The van der Waals surface area contributed by atoms with Crippen LogP contribution in [-0.4, -0.2) is 49.8 Å². The zero-order valence-corrected chi connectivity index (χ0v) is 12.8. The van der Waals surface area contributed by atoms with E-state index < -0.39 is 6.10 Å². The van der Waals surface area contributed by atoms with Gasteiger partial charge in [-0.15, -0.1) is 0 Å². The van der Waals surface area contributed by atoms with Crippen molar-refractivity contribution in [3.63, 3.8) is 0 Å². The minimum Gasteiger partial charge on any atom is -0.479 e. The number of hydrogen-bond donors (Lipinski definition) is 1. The highest BCUT2D eigenvalue weighted by molar-refractivity contribution is 5.74. The van der Waals surface area contributed by atoms with E-state index in [-0.39, 0.29) is 5.97 Å². The quantitative estimate of drug-likeness (QED) is 0.804. The van der Waals surface area contributed by atoms with E-state index in [1.807, 2.05) is 12.1 Å². The van der Waals surface area contributed by atoms with E-state index in [2.05, 4.69) is 22.3 Å². The van der Waals surface area contributed by atoms with Gasteiger partial charge in [-0.1, -0.05) is 12.1 Å². The van der Waals surface area contributed by atoms with E-state index in [1.165, 1.54) is 5.56 Å². The van der Waals surface area contributed by atoms with Gasteiger partial charge in [0.1, 0.15) is 5.75 Å². The summed E-state index contributed by atoms with van der Waals surface area (Å²) in [5.41, 5.74) is 1.26. The smallest absolute Gasteiger partial charge is 0.347 e. The Morgan fingerprint density at radius 2 is 1.95 bits per heavy atom. The van der Waals surface area contributed by atoms with Crippen LogP contribution in [0.25, 0.3) is 0 Å². The fourth-order valence-corrected chi connectivity index (χ4v) is 2.31. The Morgan fingerprint density at radius 1 is 1.29 bits per heavy atom. The first-order valence-corrected chi connectivity index (χ1v) is 7.54. The lowest BCUT2D eigenvalue weighted by atomic mass is 10.2. The van der Waals surface area contributed by atoms with Gasteiger partial charge in [0.05, 0.1) is 6.61 Å². The molecule has 0 aromatic heterocycles. The van der Waals surface area contributed by atoms with Gasteiger partial charge < -0.3 is 14.8 Å². The normalized spacial score (nSPS) is 17.2. The topological polar surface area (TPSA) is 50.8 Å². The van der Waals surface area contributed by atoms with Crippen LogP contribution in [0.4, 0.5) is 0 Å². The van der Waals surface area contributed by atoms with E-state index in [0.29, 0.717) is 12.4 Å². The second-order valence-corrected chi connectivity index (χ2v) is 5.18. The van der Waals surface area contributed by atoms with Crippen molar-refractivity contribution in [2.45, 2.75) is 26.5 Å². The third-order valence-electron chi connectivity index (χ3n) is 3.47. The number of nitrogens with zero attached hydrogens (tertiary/aromatic N) is 1. The predicted molar refractivity (Wildman–Crippen MR) is 81.3 cm³/mol. The molecule has 0 saturated carbocycles. The highest BCUT2D eigenvalue weighted by Crippen LogP contribution is 2.15. The van der Waals surface area contributed by atoms with Crippen LogP contribution in [-0.2, 0) is 16.1 Å². The zero-order chi connectivity index (χ0) is 15.1. The van der Waals surface area contributed by atoms with Crippen LogP contribution in [0, 0.1) is 0 Å². The van der Waals surface area contributed by atoms with Crippen molar-refractivity contribution in [1.29, 1.82) is 0 Å². The van der Waals surface area contributed by atoms with Gasteiger partial charge in [0, 0.05) is 32.7 Å². The monoisotopic (exact) mass is 292 g/mol. The lowest BCUT2D eigenvalue weighted by Crippen LogP contribution is -2.42. The second kappa shape index (κ2) is 8.00. The Labute approximate surface area is 126 Å². The molecule has 1 heterocycles. The van der Waals surface area contributed by atoms with E-state index in [4.69, 9.17) is 9.47 Å². The van der Waals surface area contributed by atoms with Crippen molar-refractivity contribution in [3.05, 3.63) is 29.8 Å². The van der Waals surface area contributed by atoms with E-state index in [0.717, 1.165) is 32.7 Å². The Hall–Kier alpha value is -1.59. The van der Waals surface area contributed by atoms with Crippen molar-refractivity contribution in [2.24, 2.45) is 0 Å². The highest BCUT2D eigenvalue weighted by atomic mass is 16.6. The van der Waals surface area contributed by atoms with Crippen molar-refractivity contribution < 1.29 is 14.3 Å². The molecule has 1 aliphatic rings. The molecule has 21 heavy (non-hydrogen) atoms. The number of nitrogens with one attached hydrogen (secondary N) is 1. The number of benzene rings is 1. The van der Waals surface area contributed by atoms with Gasteiger partial charge in [0.2, 0.25) is 0 Å². The molecule has 1 atom stereocenters. The molecule has 116 valence electrons. The number of hydrogen-bond acceptors (Lipinski definition) is 5. The summed E-state index contributed by atoms with van der Waals surface area (Å²) >= 11 is 0. The summed E-state index contributed by atoms with van der Waals surface area (Å²) in [6.45, 7) is 9.08. The molecular weight excluding hydrogens is 268 g/mol. The summed E-state index contributed by atoms with van der Waals surface area (Å²) < 4.78 is 10.5. The van der Waals surface area contributed by atoms with Gasteiger partial charge in [-0.3, -0.25) is 4.90 Å². The molecule has 1 unspecified atom stereocenters. The summed E-state index contributed by atoms with van der Waals surface area (Å²) in [5, 5.41) is 3.35. The fraction of sp³-hybridized carbons (Fsp3) is 0.562. The van der Waals surface area contributed by atoms with Crippen molar-refractivity contribution in [1.82, 2.24) is 10.2 Å². The summed E-state index contributed by atoms with van der Waals surface area (Å²) in [6.07, 6.45) is -0.580. The van der Waals surface area contributed by atoms with Crippen molar-refractivity contribution in [2.75, 3.05) is 32.8 Å². The molecule has 1 saturated heterocycles. The van der Waals surface area contributed by atoms with E-state index in [1.54, 1.807) is 13.8 Å². The van der Waals surface area contributed by atoms with Crippen LogP contribution < -0.4 is 10.1 Å². The third kappa shape index (κ3) is 5.02. The molecule has 1 aromatic rings. The SMILES string of the molecule is CCOC(=O)C(C)Oc1ccc(CN2CCNCC2)cc1. The van der Waals surface area contributed by atoms with Gasteiger partial charge in [-0.05, 0) is 31.5 Å². The molecule has 1 aliphatic heterocycles. The van der Waals surface area contributed by atoms with E-state index in [9.17, 15) is 4.79 Å². The third-order valence-corrected chi connectivity index (χ3v) is 3.47. The molecule has 0 radical (unpaired) electrons. The maximum atomic E-state index is 11.5. The number of piperazine rings is 1. The first-order chi connectivity index (χ1) is 10.2. The number of carbonyl (C=O) groups is 1. The Kier molecular flexibility index (Phi) is 6.02. The second-order valence-electron chi connectivity index (χ2n) is 5.18. The maximum Gasteiger partial charge on any atom is 0.347 e. The fourth-order valence-electron chi connectivity index (χ4n) is 2.31. The van der Waals surface area contributed by atoms with Gasteiger partial charge in [-0.2, -0.15) is 0 Å². The molecular formula is C16H24N2O3. The number of carbonyl (C=O) groups excluding carboxylic acids is 1. The minimum atomic E-state index is -0.580. The first kappa shape index (κ1) is 15.8. The number of rotatable bonds is 6. The van der Waals surface area contributed by atoms with Gasteiger partial charge in [0.15, 0.2) is 6.10 Å².